The lowest BCUT2D eigenvalue weighted by atomic mass is 10.1. The van der Waals surface area contributed by atoms with Crippen LogP contribution in [0, 0.1) is 0 Å². The summed E-state index contributed by atoms with van der Waals surface area (Å²) in [5.41, 5.74) is 0. The molecule has 1 aliphatic rings. The third-order valence-electron chi connectivity index (χ3n) is 3.10. The maximum absolute atomic E-state index is 5.66. The standard InChI is InChI=1S/C13H23N5O2/c1-4-14-11-16-12(18-13(17-11)19-5-2)15-9(3)10-7-6-8-20-10/h9-10H,4-8H2,1-3H3,(H2,14,15,16,17,18). The first-order chi connectivity index (χ1) is 9.72. The van der Waals surface area contributed by atoms with Crippen LogP contribution in [-0.4, -0.2) is 46.9 Å². The van der Waals surface area contributed by atoms with Crippen molar-refractivity contribution in [2.75, 3.05) is 30.4 Å². The van der Waals surface area contributed by atoms with E-state index in [1.807, 2.05) is 13.8 Å². The van der Waals surface area contributed by atoms with E-state index in [2.05, 4.69) is 32.5 Å². The van der Waals surface area contributed by atoms with E-state index in [0.717, 1.165) is 26.0 Å². The highest BCUT2D eigenvalue weighted by Gasteiger charge is 2.23. The van der Waals surface area contributed by atoms with E-state index in [0.29, 0.717) is 24.5 Å². The third kappa shape index (κ3) is 3.93. The Bertz CT molecular complexity index is 399. The van der Waals surface area contributed by atoms with Gasteiger partial charge in [0.15, 0.2) is 0 Å². The van der Waals surface area contributed by atoms with Crippen LogP contribution in [0.1, 0.15) is 33.6 Å². The van der Waals surface area contributed by atoms with Gasteiger partial charge in [-0.2, -0.15) is 15.0 Å². The fourth-order valence-corrected chi connectivity index (χ4v) is 2.15. The average Bonchev–Trinajstić information content (AvgIpc) is 2.93. The van der Waals surface area contributed by atoms with E-state index >= 15 is 0 Å². The second-order valence-corrected chi connectivity index (χ2v) is 4.71. The Hall–Kier alpha value is -1.63. The molecular formula is C13H23N5O2. The van der Waals surface area contributed by atoms with E-state index < -0.39 is 0 Å². The predicted octanol–water partition coefficient (Wildman–Crippen LogP) is 1.68. The smallest absolute Gasteiger partial charge is 0.323 e. The van der Waals surface area contributed by atoms with Gasteiger partial charge in [-0.3, -0.25) is 0 Å². The first-order valence-corrected chi connectivity index (χ1v) is 7.23. The van der Waals surface area contributed by atoms with Crippen LogP contribution in [0.4, 0.5) is 11.9 Å². The van der Waals surface area contributed by atoms with Crippen molar-refractivity contribution in [1.29, 1.82) is 0 Å². The summed E-state index contributed by atoms with van der Waals surface area (Å²) in [4.78, 5) is 12.8. The van der Waals surface area contributed by atoms with E-state index in [9.17, 15) is 0 Å². The van der Waals surface area contributed by atoms with Crippen molar-refractivity contribution in [2.45, 2.75) is 45.8 Å². The van der Waals surface area contributed by atoms with Crippen molar-refractivity contribution in [3.8, 4) is 6.01 Å². The number of nitrogens with zero attached hydrogens (tertiary/aromatic N) is 3. The number of anilines is 2. The van der Waals surface area contributed by atoms with E-state index in [1.165, 1.54) is 0 Å². The van der Waals surface area contributed by atoms with Gasteiger partial charge in [0.25, 0.3) is 0 Å². The Morgan fingerprint density at radius 1 is 1.30 bits per heavy atom. The number of rotatable bonds is 7. The molecule has 2 N–H and O–H groups in total. The fourth-order valence-electron chi connectivity index (χ4n) is 2.15. The molecule has 1 fully saturated rings. The Morgan fingerprint density at radius 3 is 2.75 bits per heavy atom. The van der Waals surface area contributed by atoms with Crippen molar-refractivity contribution in [1.82, 2.24) is 15.0 Å². The van der Waals surface area contributed by atoms with E-state index in [1.54, 1.807) is 0 Å². The largest absolute Gasteiger partial charge is 0.464 e. The van der Waals surface area contributed by atoms with Crippen LogP contribution < -0.4 is 15.4 Å². The van der Waals surface area contributed by atoms with Gasteiger partial charge in [-0.1, -0.05) is 0 Å². The molecule has 7 nitrogen and oxygen atoms in total. The molecule has 2 unspecified atom stereocenters. The van der Waals surface area contributed by atoms with E-state index in [-0.39, 0.29) is 12.1 Å². The zero-order valence-electron chi connectivity index (χ0n) is 12.3. The van der Waals surface area contributed by atoms with Crippen molar-refractivity contribution >= 4 is 11.9 Å². The number of hydrogen-bond acceptors (Lipinski definition) is 7. The molecule has 1 aromatic rings. The van der Waals surface area contributed by atoms with Gasteiger partial charge in [-0.05, 0) is 33.6 Å². The second-order valence-electron chi connectivity index (χ2n) is 4.71. The SMILES string of the molecule is CCNc1nc(NC(C)C2CCCO2)nc(OCC)n1. The lowest BCUT2D eigenvalue weighted by molar-refractivity contribution is 0.0994. The second kappa shape index (κ2) is 7.23. The molecule has 2 atom stereocenters. The van der Waals surface area contributed by atoms with Gasteiger partial charge in [-0.15, -0.1) is 0 Å². The Morgan fingerprint density at radius 2 is 2.10 bits per heavy atom. The van der Waals surface area contributed by atoms with Gasteiger partial charge in [0.1, 0.15) is 0 Å². The molecule has 0 amide bonds. The van der Waals surface area contributed by atoms with Crippen LogP contribution in [0.3, 0.4) is 0 Å². The van der Waals surface area contributed by atoms with Crippen LogP contribution in [-0.2, 0) is 4.74 Å². The Labute approximate surface area is 119 Å². The number of nitrogens with one attached hydrogen (secondary N) is 2. The minimum atomic E-state index is 0.156. The predicted molar refractivity (Wildman–Crippen MR) is 77.2 cm³/mol. The topological polar surface area (TPSA) is 81.2 Å². The highest BCUT2D eigenvalue weighted by atomic mass is 16.5. The minimum Gasteiger partial charge on any atom is -0.464 e. The van der Waals surface area contributed by atoms with Crippen LogP contribution >= 0.6 is 0 Å². The molecule has 2 heterocycles. The maximum Gasteiger partial charge on any atom is 0.323 e. The number of hydrogen-bond donors (Lipinski definition) is 2. The summed E-state index contributed by atoms with van der Waals surface area (Å²) in [7, 11) is 0. The van der Waals surface area contributed by atoms with Gasteiger partial charge < -0.3 is 20.1 Å². The zero-order chi connectivity index (χ0) is 14.4. The van der Waals surface area contributed by atoms with Crippen LogP contribution in [0.2, 0.25) is 0 Å². The van der Waals surface area contributed by atoms with Gasteiger partial charge in [0.2, 0.25) is 11.9 Å². The molecular weight excluding hydrogens is 258 g/mol. The summed E-state index contributed by atoms with van der Waals surface area (Å²) >= 11 is 0. The van der Waals surface area contributed by atoms with Crippen LogP contribution in [0.5, 0.6) is 6.01 Å². The van der Waals surface area contributed by atoms with E-state index in [4.69, 9.17) is 9.47 Å². The summed E-state index contributed by atoms with van der Waals surface area (Å²) in [6.45, 7) is 8.07. The number of ether oxygens (including phenoxy) is 2. The van der Waals surface area contributed by atoms with Crippen molar-refractivity contribution in [3.63, 3.8) is 0 Å². The molecule has 112 valence electrons. The Balaban J connectivity index is 2.07. The molecule has 7 heteroatoms. The third-order valence-corrected chi connectivity index (χ3v) is 3.10. The molecule has 0 aromatic carbocycles. The molecule has 1 aliphatic heterocycles. The molecule has 0 aliphatic carbocycles. The lowest BCUT2D eigenvalue weighted by Gasteiger charge is -2.20. The molecule has 1 aromatic heterocycles. The highest BCUT2D eigenvalue weighted by Crippen LogP contribution is 2.19. The van der Waals surface area contributed by atoms with Crippen molar-refractivity contribution in [3.05, 3.63) is 0 Å². The zero-order valence-corrected chi connectivity index (χ0v) is 12.3. The molecule has 0 saturated carbocycles. The Kier molecular flexibility index (Phi) is 5.34. The van der Waals surface area contributed by atoms with Crippen LogP contribution in [0.25, 0.3) is 0 Å². The van der Waals surface area contributed by atoms with Crippen LogP contribution in [0.15, 0.2) is 0 Å². The first-order valence-electron chi connectivity index (χ1n) is 7.23. The van der Waals surface area contributed by atoms with Gasteiger partial charge in [0, 0.05) is 13.2 Å². The molecule has 0 radical (unpaired) electrons. The summed E-state index contributed by atoms with van der Waals surface area (Å²) in [6.07, 6.45) is 2.39. The summed E-state index contributed by atoms with van der Waals surface area (Å²) in [5, 5.41) is 6.35. The maximum atomic E-state index is 5.66. The fraction of sp³-hybridized carbons (Fsp3) is 0.769. The summed E-state index contributed by atoms with van der Waals surface area (Å²) < 4.78 is 11.0. The van der Waals surface area contributed by atoms with Gasteiger partial charge in [0.05, 0.1) is 18.8 Å². The normalized spacial score (nSPS) is 19.6. The first kappa shape index (κ1) is 14.8. The molecule has 0 spiro atoms. The molecule has 1 saturated heterocycles. The average molecular weight is 281 g/mol. The lowest BCUT2D eigenvalue weighted by Crippen LogP contribution is -2.31. The van der Waals surface area contributed by atoms with Gasteiger partial charge >= 0.3 is 6.01 Å². The van der Waals surface area contributed by atoms with Gasteiger partial charge in [-0.25, -0.2) is 0 Å². The molecule has 0 bridgehead atoms. The monoisotopic (exact) mass is 281 g/mol. The quantitative estimate of drug-likeness (QED) is 0.787. The number of aromatic nitrogens is 3. The highest BCUT2D eigenvalue weighted by molar-refractivity contribution is 5.36. The summed E-state index contributed by atoms with van der Waals surface area (Å²) in [6, 6.07) is 0.490. The molecule has 20 heavy (non-hydrogen) atoms. The van der Waals surface area contributed by atoms with Crippen molar-refractivity contribution in [2.24, 2.45) is 0 Å². The summed E-state index contributed by atoms with van der Waals surface area (Å²) in [5.74, 6) is 1.04. The molecule has 2 rings (SSSR count). The minimum absolute atomic E-state index is 0.156. The van der Waals surface area contributed by atoms with Crippen molar-refractivity contribution < 1.29 is 9.47 Å².